The molecule has 1 aliphatic heterocycles. The fraction of sp³-hybridized carbons (Fsp3) is 0.0870. The fourth-order valence-electron chi connectivity index (χ4n) is 3.30. The summed E-state index contributed by atoms with van der Waals surface area (Å²) < 4.78 is 0. The Morgan fingerprint density at radius 1 is 1.00 bits per heavy atom. The zero-order valence-electron chi connectivity index (χ0n) is 15.3. The number of benzene rings is 2. The quantitative estimate of drug-likeness (QED) is 0.510. The molecule has 29 heavy (non-hydrogen) atoms. The van der Waals surface area contributed by atoms with Gasteiger partial charge < -0.3 is 0 Å². The Balaban J connectivity index is 1.75. The van der Waals surface area contributed by atoms with Crippen molar-refractivity contribution in [3.8, 4) is 6.07 Å². The molecule has 0 radical (unpaired) electrons. The summed E-state index contributed by atoms with van der Waals surface area (Å²) in [6, 6.07) is 22.5. The molecule has 2 atom stereocenters. The highest BCUT2D eigenvalue weighted by atomic mass is 16.2. The summed E-state index contributed by atoms with van der Waals surface area (Å²) >= 11 is 0. The lowest BCUT2D eigenvalue weighted by atomic mass is 9.89. The number of aliphatic imine (C=N–C) groups is 1. The van der Waals surface area contributed by atoms with E-state index in [1.807, 2.05) is 30.3 Å². The number of fused-ring (bicyclic) bond motifs is 1. The summed E-state index contributed by atoms with van der Waals surface area (Å²) in [5.74, 6) is -1.39. The van der Waals surface area contributed by atoms with Crippen LogP contribution < -0.4 is 4.90 Å². The van der Waals surface area contributed by atoms with Crippen LogP contribution in [0.3, 0.4) is 0 Å². The van der Waals surface area contributed by atoms with Crippen molar-refractivity contribution in [2.45, 2.75) is 12.0 Å². The number of nitriles is 1. The van der Waals surface area contributed by atoms with Crippen LogP contribution in [-0.2, 0) is 4.79 Å². The maximum atomic E-state index is 13.2. The predicted octanol–water partition coefficient (Wildman–Crippen LogP) is 3.69. The molecule has 1 aliphatic rings. The molecule has 0 saturated heterocycles. The van der Waals surface area contributed by atoms with Gasteiger partial charge in [-0.25, -0.2) is 9.88 Å². The summed E-state index contributed by atoms with van der Waals surface area (Å²) in [5.41, 5.74) is 1.73. The van der Waals surface area contributed by atoms with Crippen LogP contribution in [0.4, 0.5) is 5.82 Å². The summed E-state index contributed by atoms with van der Waals surface area (Å²) in [5, 5.41) is 9.52. The van der Waals surface area contributed by atoms with Gasteiger partial charge in [0.15, 0.2) is 6.04 Å². The Morgan fingerprint density at radius 2 is 1.72 bits per heavy atom. The molecule has 1 aromatic heterocycles. The lowest BCUT2D eigenvalue weighted by molar-refractivity contribution is -0.118. The Labute approximate surface area is 167 Å². The average molecular weight is 380 g/mol. The maximum absolute atomic E-state index is 13.2. The Morgan fingerprint density at radius 3 is 2.45 bits per heavy atom. The number of hydrogen-bond acceptors (Lipinski definition) is 5. The minimum Gasteiger partial charge on any atom is -0.273 e. The van der Waals surface area contributed by atoms with E-state index < -0.39 is 23.8 Å². The third kappa shape index (κ3) is 3.42. The number of aromatic nitrogens is 1. The smallest absolute Gasteiger partial charge is 0.266 e. The fourth-order valence-corrected chi connectivity index (χ4v) is 3.30. The van der Waals surface area contributed by atoms with E-state index in [-0.39, 0.29) is 5.82 Å². The number of anilines is 1. The molecule has 0 fully saturated rings. The average Bonchev–Trinajstić information content (AvgIpc) is 2.78. The summed E-state index contributed by atoms with van der Waals surface area (Å²) in [7, 11) is 0. The molecule has 0 saturated carbocycles. The molecule has 0 spiro atoms. The summed E-state index contributed by atoms with van der Waals surface area (Å²) in [6.07, 6.45) is 2.99. The van der Waals surface area contributed by atoms with E-state index in [4.69, 9.17) is 0 Å². The van der Waals surface area contributed by atoms with Crippen LogP contribution >= 0.6 is 0 Å². The van der Waals surface area contributed by atoms with Gasteiger partial charge in [0.2, 0.25) is 5.91 Å². The summed E-state index contributed by atoms with van der Waals surface area (Å²) in [6.45, 7) is 0. The molecular formula is C23H16N4O2. The van der Waals surface area contributed by atoms with Gasteiger partial charge in [0, 0.05) is 18.0 Å². The summed E-state index contributed by atoms with van der Waals surface area (Å²) in [4.78, 5) is 35.8. The van der Waals surface area contributed by atoms with Crippen molar-refractivity contribution in [3.63, 3.8) is 0 Å². The molecule has 1 unspecified atom stereocenters. The third-order valence-electron chi connectivity index (χ3n) is 4.72. The number of imide groups is 1. The van der Waals surface area contributed by atoms with Crippen molar-refractivity contribution in [2.24, 2.45) is 4.99 Å². The molecule has 0 N–H and O–H groups in total. The second-order valence-corrected chi connectivity index (χ2v) is 6.47. The number of hydrogen-bond donors (Lipinski definition) is 0. The molecule has 2 amide bonds. The molecule has 3 aromatic rings. The lowest BCUT2D eigenvalue weighted by Gasteiger charge is -2.30. The van der Waals surface area contributed by atoms with Crippen molar-refractivity contribution >= 4 is 23.8 Å². The van der Waals surface area contributed by atoms with E-state index in [1.165, 1.54) is 12.4 Å². The monoisotopic (exact) mass is 380 g/mol. The highest BCUT2D eigenvalue weighted by Crippen LogP contribution is 2.31. The third-order valence-corrected chi connectivity index (χ3v) is 4.72. The van der Waals surface area contributed by atoms with Gasteiger partial charge in [0.25, 0.3) is 5.91 Å². The molecule has 2 heterocycles. The highest BCUT2D eigenvalue weighted by Gasteiger charge is 2.39. The first-order valence-electron chi connectivity index (χ1n) is 9.07. The van der Waals surface area contributed by atoms with Crippen LogP contribution in [0.2, 0.25) is 0 Å². The minimum atomic E-state index is -0.787. The number of amides is 2. The van der Waals surface area contributed by atoms with Crippen LogP contribution in [0.25, 0.3) is 0 Å². The van der Waals surface area contributed by atoms with Gasteiger partial charge in [-0.15, -0.1) is 0 Å². The van der Waals surface area contributed by atoms with Gasteiger partial charge in [0.05, 0.1) is 12.0 Å². The van der Waals surface area contributed by atoms with Crippen molar-refractivity contribution in [1.82, 2.24) is 4.98 Å². The zero-order chi connectivity index (χ0) is 20.2. The van der Waals surface area contributed by atoms with Crippen LogP contribution in [0.5, 0.6) is 0 Å². The van der Waals surface area contributed by atoms with Gasteiger partial charge in [-0.1, -0.05) is 54.6 Å². The van der Waals surface area contributed by atoms with Crippen LogP contribution in [0.15, 0.2) is 84.0 Å². The molecule has 0 aliphatic carbocycles. The number of rotatable bonds is 4. The molecule has 6 nitrogen and oxygen atoms in total. The molecule has 0 bridgehead atoms. The zero-order valence-corrected chi connectivity index (χ0v) is 15.3. The number of pyridine rings is 1. The molecule has 2 aromatic carbocycles. The van der Waals surface area contributed by atoms with Crippen molar-refractivity contribution in [3.05, 3.63) is 95.7 Å². The first-order valence-corrected chi connectivity index (χ1v) is 9.07. The number of nitrogens with zero attached hydrogens (tertiary/aromatic N) is 4. The Bertz CT molecular complexity index is 1120. The number of carbonyl (C=O) groups excluding carboxylic acids is 2. The normalized spacial score (nSPS) is 17.1. The first-order chi connectivity index (χ1) is 14.2. The lowest BCUT2D eigenvalue weighted by Crippen LogP contribution is -2.46. The van der Waals surface area contributed by atoms with E-state index >= 15 is 0 Å². The maximum Gasteiger partial charge on any atom is 0.266 e. The topological polar surface area (TPSA) is 86.4 Å². The molecular weight excluding hydrogens is 364 g/mol. The van der Waals surface area contributed by atoms with Crippen LogP contribution in [0, 0.1) is 11.3 Å². The second-order valence-electron chi connectivity index (χ2n) is 6.47. The first kappa shape index (κ1) is 18.3. The van der Waals surface area contributed by atoms with E-state index in [0.29, 0.717) is 11.1 Å². The van der Waals surface area contributed by atoms with Crippen LogP contribution in [-0.4, -0.2) is 23.0 Å². The van der Waals surface area contributed by atoms with Crippen molar-refractivity contribution in [1.29, 1.82) is 5.26 Å². The number of carbonyl (C=O) groups is 2. The SMILES string of the molecule is N#C[C@@H](N=CC1C(=O)N(c2ccccn2)C(=O)c2ccccc21)c1ccccc1. The van der Waals surface area contributed by atoms with Gasteiger partial charge in [0.1, 0.15) is 5.82 Å². The van der Waals surface area contributed by atoms with Gasteiger partial charge in [-0.3, -0.25) is 14.6 Å². The van der Waals surface area contributed by atoms with Crippen molar-refractivity contribution in [2.75, 3.05) is 4.90 Å². The van der Waals surface area contributed by atoms with E-state index in [2.05, 4.69) is 16.0 Å². The van der Waals surface area contributed by atoms with E-state index in [9.17, 15) is 14.9 Å². The Hall–Kier alpha value is -4.11. The van der Waals surface area contributed by atoms with E-state index in [0.717, 1.165) is 10.5 Å². The highest BCUT2D eigenvalue weighted by molar-refractivity contribution is 6.28. The van der Waals surface area contributed by atoms with Crippen molar-refractivity contribution < 1.29 is 9.59 Å². The second kappa shape index (κ2) is 7.87. The van der Waals surface area contributed by atoms with Gasteiger partial charge >= 0.3 is 0 Å². The van der Waals surface area contributed by atoms with Gasteiger partial charge in [-0.2, -0.15) is 5.26 Å². The molecule has 140 valence electrons. The minimum absolute atomic E-state index is 0.260. The molecule has 4 rings (SSSR count). The van der Waals surface area contributed by atoms with Crippen LogP contribution in [0.1, 0.15) is 33.4 Å². The molecule has 6 heteroatoms. The largest absolute Gasteiger partial charge is 0.273 e. The van der Waals surface area contributed by atoms with Gasteiger partial charge in [-0.05, 0) is 29.3 Å². The van der Waals surface area contributed by atoms with E-state index in [1.54, 1.807) is 42.5 Å². The standard InChI is InChI=1S/C23H16N4O2/c24-14-20(16-8-2-1-3-9-16)26-15-19-17-10-4-5-11-18(17)22(28)27(23(19)29)21-12-6-7-13-25-21/h1-13,15,19-20H/t19?,20-/m1/s1. The Kier molecular flexibility index (Phi) is 4.95. The predicted molar refractivity (Wildman–Crippen MR) is 109 cm³/mol.